The van der Waals surface area contributed by atoms with Crippen LogP contribution in [0.4, 0.5) is 20.5 Å². The molecule has 0 saturated carbocycles. The molecule has 2 aliphatic heterocycles. The molecule has 27 heteroatoms. The molecule has 4 atom stereocenters. The molecule has 23 nitrogen and oxygen atoms in total. The van der Waals surface area contributed by atoms with Crippen molar-refractivity contribution in [3.63, 3.8) is 0 Å². The molecule has 0 aliphatic carbocycles. The maximum absolute atomic E-state index is 16.5. The molecular weight excluding hydrogens is 1140 g/mol. The van der Waals surface area contributed by atoms with E-state index in [1.54, 1.807) is 49.6 Å². The average Bonchev–Trinajstić information content (AvgIpc) is 1.66. The van der Waals surface area contributed by atoms with Crippen LogP contribution in [0.5, 0.6) is 5.75 Å². The van der Waals surface area contributed by atoms with Crippen molar-refractivity contribution < 1.29 is 72.1 Å². The summed E-state index contributed by atoms with van der Waals surface area (Å²) < 4.78 is 53.8. The van der Waals surface area contributed by atoms with Gasteiger partial charge in [-0.15, -0.1) is 11.3 Å². The molecule has 3 aromatic carbocycles. The van der Waals surface area contributed by atoms with Crippen molar-refractivity contribution in [1.82, 2.24) is 40.3 Å². The lowest BCUT2D eigenvalue weighted by molar-refractivity contribution is -0.159. The zero-order valence-corrected chi connectivity index (χ0v) is 49.3. The van der Waals surface area contributed by atoms with Gasteiger partial charge in [-0.1, -0.05) is 62.7 Å². The van der Waals surface area contributed by atoms with E-state index >= 15 is 8.78 Å². The summed E-state index contributed by atoms with van der Waals surface area (Å²) in [6, 6.07) is 10.4. The van der Waals surface area contributed by atoms with E-state index in [4.69, 9.17) is 30.5 Å². The number of nitrogens with one attached hydrogen (secondary N) is 3. The SMILES string of the molecule is Cc1ncsc1-c1ccc([C@H](C)NC(=O)[C@@H]2C[C@@H](O)CN2C(=O)[C@@H](NC(=O)COCCOCCOCCOCCN(C)C(=O)CCNc2nc(N3CCN(C(=O)C(O)O)CC3)c3cc(Cl)c(-c4c(O)cccc4F)c(F)c3n2)C(C)(C)C)cc1. The molecule has 2 saturated heterocycles. The van der Waals surface area contributed by atoms with Crippen LogP contribution in [0.1, 0.15) is 57.8 Å². The number of hydrogen-bond acceptors (Lipinski definition) is 19. The van der Waals surface area contributed by atoms with Gasteiger partial charge in [0.15, 0.2) is 5.82 Å². The fraction of sp³-hybridized carbons (Fsp3) is 0.509. The van der Waals surface area contributed by atoms with Gasteiger partial charge in [-0.3, -0.25) is 24.0 Å². The van der Waals surface area contributed by atoms with E-state index in [1.807, 2.05) is 38.1 Å². The van der Waals surface area contributed by atoms with Crippen LogP contribution in [0.25, 0.3) is 32.5 Å². The van der Waals surface area contributed by atoms with Crippen LogP contribution in [-0.2, 0) is 42.9 Å². The number of likely N-dealkylation sites (N-methyl/N-ethyl adjacent to an activating group) is 1. The number of aromatic nitrogens is 3. The summed E-state index contributed by atoms with van der Waals surface area (Å²) in [4.78, 5) is 86.2. The van der Waals surface area contributed by atoms with E-state index < -0.39 is 82.0 Å². The number of benzene rings is 3. The Balaban J connectivity index is 0.773. The van der Waals surface area contributed by atoms with Crippen LogP contribution in [-0.4, -0.2) is 210 Å². The second kappa shape index (κ2) is 29.9. The number of halogens is 3. The molecule has 2 aromatic heterocycles. The number of amides is 5. The van der Waals surface area contributed by atoms with E-state index in [0.717, 1.165) is 27.8 Å². The van der Waals surface area contributed by atoms with E-state index in [-0.39, 0.29) is 151 Å². The monoisotopic (exact) mass is 1210 g/mol. The Hall–Kier alpha value is -6.75. The van der Waals surface area contributed by atoms with Gasteiger partial charge in [0, 0.05) is 76.7 Å². The number of likely N-dealkylation sites (tertiary alicyclic amines) is 1. The third kappa shape index (κ3) is 16.8. The van der Waals surface area contributed by atoms with E-state index in [0.29, 0.717) is 0 Å². The highest BCUT2D eigenvalue weighted by Crippen LogP contribution is 2.43. The molecule has 84 heavy (non-hydrogen) atoms. The lowest BCUT2D eigenvalue weighted by atomic mass is 9.85. The Morgan fingerprint density at radius 1 is 0.881 bits per heavy atom. The number of β-amino-alcohol motifs (C(OH)–C–C–N with tert-alkyl or cyclic N) is 1. The van der Waals surface area contributed by atoms with Crippen molar-refractivity contribution >= 4 is 75.1 Å². The van der Waals surface area contributed by atoms with E-state index in [1.165, 1.54) is 32.9 Å². The van der Waals surface area contributed by atoms with Crippen LogP contribution < -0.4 is 20.9 Å². The van der Waals surface area contributed by atoms with Gasteiger partial charge in [-0.05, 0) is 48.6 Å². The Bertz CT molecular complexity index is 3070. The highest BCUT2D eigenvalue weighted by Gasteiger charge is 2.45. The number of aryl methyl sites for hydroxylation is 1. The first-order valence-electron chi connectivity index (χ1n) is 27.5. The Morgan fingerprint density at radius 2 is 1.54 bits per heavy atom. The van der Waals surface area contributed by atoms with Gasteiger partial charge >= 0.3 is 0 Å². The van der Waals surface area contributed by atoms with Crippen molar-refractivity contribution in [3.05, 3.63) is 82.0 Å². The minimum absolute atomic E-state index is 0.0177. The van der Waals surface area contributed by atoms with Crippen molar-refractivity contribution in [2.45, 2.75) is 78.0 Å². The summed E-state index contributed by atoms with van der Waals surface area (Å²) in [6.07, 6.45) is -3.06. The molecule has 4 heterocycles. The van der Waals surface area contributed by atoms with Crippen LogP contribution in [0.2, 0.25) is 5.02 Å². The van der Waals surface area contributed by atoms with Gasteiger partial charge in [-0.2, -0.15) is 4.98 Å². The largest absolute Gasteiger partial charge is 0.507 e. The van der Waals surface area contributed by atoms with Crippen LogP contribution in [0.3, 0.4) is 0 Å². The summed E-state index contributed by atoms with van der Waals surface area (Å²) in [5.74, 6) is -4.90. The normalized spacial score (nSPS) is 16.3. The van der Waals surface area contributed by atoms with E-state index in [9.17, 15) is 44.4 Å². The molecule has 5 amide bonds. The second-order valence-corrected chi connectivity index (χ2v) is 22.7. The van der Waals surface area contributed by atoms with Gasteiger partial charge in [0.1, 0.15) is 41.6 Å². The number of piperazine rings is 1. The molecule has 456 valence electrons. The number of phenols is 1. The zero-order chi connectivity index (χ0) is 60.8. The number of aromatic hydroxyl groups is 1. The predicted molar refractivity (Wildman–Crippen MR) is 309 cm³/mol. The number of hydrogen-bond donors (Lipinski definition) is 7. The summed E-state index contributed by atoms with van der Waals surface area (Å²) in [5.41, 5.74) is 2.75. The van der Waals surface area contributed by atoms with Crippen LogP contribution in [0, 0.1) is 24.0 Å². The van der Waals surface area contributed by atoms with Gasteiger partial charge < -0.3 is 74.9 Å². The fourth-order valence-corrected chi connectivity index (χ4v) is 10.7. The third-order valence-corrected chi connectivity index (χ3v) is 15.5. The number of carbonyl (C=O) groups is 5. The number of anilines is 2. The molecule has 7 rings (SSSR count). The molecule has 0 bridgehead atoms. The number of aliphatic hydroxyl groups excluding tert-OH is 2. The number of ether oxygens (including phenoxy) is 4. The molecule has 0 spiro atoms. The Morgan fingerprint density at radius 3 is 2.15 bits per heavy atom. The van der Waals surface area contributed by atoms with Crippen molar-refractivity contribution in [2.24, 2.45) is 5.41 Å². The second-order valence-electron chi connectivity index (χ2n) is 21.4. The highest BCUT2D eigenvalue weighted by molar-refractivity contribution is 7.13. The number of thiazole rings is 1. The number of nitrogens with zero attached hydrogens (tertiary/aromatic N) is 7. The first-order chi connectivity index (χ1) is 40.0. The molecule has 2 fully saturated rings. The van der Waals surface area contributed by atoms with Gasteiger partial charge in [0.2, 0.25) is 35.9 Å². The molecule has 5 aromatic rings. The number of fused-ring (bicyclic) bond motifs is 1. The Kier molecular flexibility index (Phi) is 23.0. The maximum atomic E-state index is 16.5. The first-order valence-corrected chi connectivity index (χ1v) is 28.7. The Labute approximate surface area is 494 Å². The number of aliphatic hydroxyl groups is 3. The molecule has 0 unspecified atom stereocenters. The quantitative estimate of drug-likeness (QED) is 0.0289. The van der Waals surface area contributed by atoms with Gasteiger partial charge in [-0.25, -0.2) is 18.7 Å². The zero-order valence-electron chi connectivity index (χ0n) is 47.7. The number of carbonyl (C=O) groups excluding carboxylic acids is 5. The third-order valence-electron chi connectivity index (χ3n) is 14.2. The number of rotatable bonds is 27. The smallest absolute Gasteiger partial charge is 0.279 e. The average molecular weight is 1210 g/mol. The maximum Gasteiger partial charge on any atom is 0.279 e. The van der Waals surface area contributed by atoms with Crippen molar-refractivity contribution in [1.29, 1.82) is 0 Å². The topological polar surface area (TPSA) is 291 Å². The summed E-state index contributed by atoms with van der Waals surface area (Å²) in [7, 11) is 1.61. The van der Waals surface area contributed by atoms with Gasteiger partial charge in [0.05, 0.1) is 85.1 Å². The summed E-state index contributed by atoms with van der Waals surface area (Å²) in [6.45, 7) is 11.0. The molecule has 7 N–H and O–H groups in total. The van der Waals surface area contributed by atoms with Crippen molar-refractivity contribution in [2.75, 3.05) is 116 Å². The van der Waals surface area contributed by atoms with E-state index in [2.05, 4.69) is 30.9 Å². The predicted octanol–water partition coefficient (Wildman–Crippen LogP) is 4.02. The highest BCUT2D eigenvalue weighted by atomic mass is 35.5. The minimum atomic E-state index is -2.18. The van der Waals surface area contributed by atoms with Crippen LogP contribution >= 0.6 is 22.9 Å². The fourth-order valence-electron chi connectivity index (χ4n) is 9.63. The van der Waals surface area contributed by atoms with Gasteiger partial charge in [0.25, 0.3) is 5.91 Å². The number of phenolic OH excluding ortho intramolecular Hbond substituents is 1. The minimum Gasteiger partial charge on any atom is -0.507 e. The van der Waals surface area contributed by atoms with Crippen molar-refractivity contribution in [3.8, 4) is 27.3 Å². The molecule has 2 aliphatic rings. The molecule has 0 radical (unpaired) electrons. The lowest BCUT2D eigenvalue weighted by Gasteiger charge is -2.36. The van der Waals surface area contributed by atoms with Crippen LogP contribution in [0.15, 0.2) is 54.0 Å². The standard InChI is InChI=1S/C57H73ClF2N10O13S/c1-33(35-10-12-36(13-11-35)49-34(2)62-32-84-49)63-52(75)41-28-37(71)30-70(41)53(76)50(57(3,4)5)64-43(73)31-83-27-26-82-25-24-81-23-22-80-21-20-67(6)44(74)14-15-61-56-65-48-38(51(66-56)68-16-18-69(19-17-68)54(77)55(78)79)29-39(58)45(47(48)60)46-40(59)8-7-9-42(46)72/h7-13,29,32-33,37,41,50,55,71-72,78-79H,14-28,30-31H2,1-6H3,(H,63,75)(H,64,73)(H,61,65,66)/t33-,37+,41-,50+/m0/s1. The summed E-state index contributed by atoms with van der Waals surface area (Å²) in [5, 5.41) is 48.6. The molecular formula is C57H73ClF2N10O13S. The lowest BCUT2D eigenvalue weighted by Crippen LogP contribution is -2.58. The first kappa shape index (κ1) is 64.8. The summed E-state index contributed by atoms with van der Waals surface area (Å²) >= 11 is 8.10.